The third kappa shape index (κ3) is 2.17. The fourth-order valence-corrected chi connectivity index (χ4v) is 1.76. The Balaban J connectivity index is 2.62. The molecule has 1 saturated heterocycles. The van der Waals surface area contributed by atoms with E-state index in [9.17, 15) is 4.79 Å². The molecule has 0 bridgehead atoms. The first-order valence-electron chi connectivity index (χ1n) is 4.90. The Kier molecular flexibility index (Phi) is 3.36. The van der Waals surface area contributed by atoms with Crippen LogP contribution in [-0.2, 0) is 4.79 Å². The fourth-order valence-electron chi connectivity index (χ4n) is 1.76. The molecule has 0 spiro atoms. The van der Waals surface area contributed by atoms with Gasteiger partial charge in [0.05, 0.1) is 0 Å². The molecule has 0 aromatic heterocycles. The maximum Gasteiger partial charge on any atom is 0.223 e. The summed E-state index contributed by atoms with van der Waals surface area (Å²) < 4.78 is 0. The van der Waals surface area contributed by atoms with Gasteiger partial charge in [0.25, 0.3) is 0 Å². The summed E-state index contributed by atoms with van der Waals surface area (Å²) in [6.07, 6.45) is 0.512. The second-order valence-corrected chi connectivity index (χ2v) is 4.05. The SMILES string of the molecule is CC(N=[N+]=[N-])[C@@H]1CC(=O)N(C(C)C)C1. The van der Waals surface area contributed by atoms with E-state index in [2.05, 4.69) is 10.0 Å². The zero-order valence-electron chi connectivity index (χ0n) is 8.84. The smallest absolute Gasteiger partial charge is 0.223 e. The van der Waals surface area contributed by atoms with E-state index in [1.165, 1.54) is 0 Å². The lowest BCUT2D eigenvalue weighted by Gasteiger charge is -2.21. The predicted molar refractivity (Wildman–Crippen MR) is 53.6 cm³/mol. The minimum absolute atomic E-state index is 0.0901. The van der Waals surface area contributed by atoms with Crippen LogP contribution in [0.4, 0.5) is 0 Å². The third-order valence-corrected chi connectivity index (χ3v) is 2.73. The zero-order valence-corrected chi connectivity index (χ0v) is 8.84. The predicted octanol–water partition coefficient (Wildman–Crippen LogP) is 1.94. The molecule has 1 aliphatic rings. The van der Waals surface area contributed by atoms with Crippen LogP contribution in [0.15, 0.2) is 5.11 Å². The minimum Gasteiger partial charge on any atom is -0.340 e. The molecule has 1 aliphatic heterocycles. The molecule has 0 N–H and O–H groups in total. The molecule has 1 fully saturated rings. The van der Waals surface area contributed by atoms with Gasteiger partial charge in [0.15, 0.2) is 0 Å². The van der Waals surface area contributed by atoms with Crippen LogP contribution in [0, 0.1) is 5.92 Å². The van der Waals surface area contributed by atoms with E-state index in [0.29, 0.717) is 6.42 Å². The Hall–Kier alpha value is -1.22. The average molecular weight is 196 g/mol. The second kappa shape index (κ2) is 4.33. The molecule has 0 aromatic carbocycles. The number of carbonyl (C=O) groups is 1. The number of hydrogen-bond donors (Lipinski definition) is 0. The number of carbonyl (C=O) groups excluding carboxylic acids is 1. The maximum absolute atomic E-state index is 11.5. The van der Waals surface area contributed by atoms with Crippen molar-refractivity contribution in [1.29, 1.82) is 0 Å². The van der Waals surface area contributed by atoms with Crippen molar-refractivity contribution in [1.82, 2.24) is 4.90 Å². The quantitative estimate of drug-likeness (QED) is 0.386. The second-order valence-electron chi connectivity index (χ2n) is 4.05. The Morgan fingerprint density at radius 1 is 1.57 bits per heavy atom. The van der Waals surface area contributed by atoms with Gasteiger partial charge in [-0.05, 0) is 25.3 Å². The summed E-state index contributed by atoms with van der Waals surface area (Å²) in [5.74, 6) is 0.353. The zero-order chi connectivity index (χ0) is 10.7. The van der Waals surface area contributed by atoms with Crippen molar-refractivity contribution in [2.45, 2.75) is 39.3 Å². The molecular weight excluding hydrogens is 180 g/mol. The van der Waals surface area contributed by atoms with E-state index in [-0.39, 0.29) is 23.9 Å². The first-order chi connectivity index (χ1) is 6.56. The van der Waals surface area contributed by atoms with Gasteiger partial charge in [0.1, 0.15) is 0 Å². The van der Waals surface area contributed by atoms with Gasteiger partial charge < -0.3 is 4.90 Å². The van der Waals surface area contributed by atoms with Crippen LogP contribution in [0.1, 0.15) is 27.2 Å². The summed E-state index contributed by atoms with van der Waals surface area (Å²) in [4.78, 5) is 16.1. The Bertz CT molecular complexity index is 270. The number of hydrogen-bond acceptors (Lipinski definition) is 2. The molecule has 0 aromatic rings. The highest BCUT2D eigenvalue weighted by Crippen LogP contribution is 2.24. The van der Waals surface area contributed by atoms with Crippen molar-refractivity contribution >= 4 is 5.91 Å². The highest BCUT2D eigenvalue weighted by Gasteiger charge is 2.33. The molecule has 0 aliphatic carbocycles. The molecule has 0 radical (unpaired) electrons. The monoisotopic (exact) mass is 196 g/mol. The van der Waals surface area contributed by atoms with Gasteiger partial charge in [-0.2, -0.15) is 0 Å². The van der Waals surface area contributed by atoms with Crippen molar-refractivity contribution in [2.75, 3.05) is 6.54 Å². The number of likely N-dealkylation sites (tertiary alicyclic amines) is 1. The van der Waals surface area contributed by atoms with Gasteiger partial charge in [-0.3, -0.25) is 4.79 Å². The van der Waals surface area contributed by atoms with Crippen LogP contribution < -0.4 is 0 Å². The highest BCUT2D eigenvalue weighted by molar-refractivity contribution is 5.79. The first-order valence-corrected chi connectivity index (χ1v) is 4.90. The Labute approximate surface area is 83.7 Å². The van der Waals surface area contributed by atoms with Crippen LogP contribution in [0.3, 0.4) is 0 Å². The lowest BCUT2D eigenvalue weighted by molar-refractivity contribution is -0.129. The molecule has 1 unspecified atom stereocenters. The number of rotatable bonds is 3. The van der Waals surface area contributed by atoms with Crippen LogP contribution in [-0.4, -0.2) is 29.4 Å². The number of nitrogens with zero attached hydrogens (tertiary/aromatic N) is 4. The lowest BCUT2D eigenvalue weighted by atomic mass is 10.0. The molecule has 2 atom stereocenters. The van der Waals surface area contributed by atoms with Crippen molar-refractivity contribution in [3.63, 3.8) is 0 Å². The summed E-state index contributed by atoms with van der Waals surface area (Å²) in [5.41, 5.74) is 8.30. The Morgan fingerprint density at radius 3 is 2.64 bits per heavy atom. The lowest BCUT2D eigenvalue weighted by Crippen LogP contribution is -2.32. The summed E-state index contributed by atoms with van der Waals surface area (Å²) >= 11 is 0. The van der Waals surface area contributed by atoms with E-state index < -0.39 is 0 Å². The molecular formula is C9H16N4O. The van der Waals surface area contributed by atoms with Crippen molar-refractivity contribution in [2.24, 2.45) is 11.0 Å². The molecule has 1 heterocycles. The largest absolute Gasteiger partial charge is 0.340 e. The van der Waals surface area contributed by atoms with E-state index in [0.717, 1.165) is 6.54 Å². The van der Waals surface area contributed by atoms with Gasteiger partial charge in [0, 0.05) is 30.0 Å². The number of amides is 1. The molecule has 78 valence electrons. The topological polar surface area (TPSA) is 69.1 Å². The van der Waals surface area contributed by atoms with Crippen LogP contribution in [0.25, 0.3) is 10.4 Å². The minimum atomic E-state index is -0.0901. The molecule has 5 heteroatoms. The summed E-state index contributed by atoms with van der Waals surface area (Å²) in [6.45, 7) is 6.58. The van der Waals surface area contributed by atoms with E-state index in [1.807, 2.05) is 25.7 Å². The van der Waals surface area contributed by atoms with Gasteiger partial charge in [-0.15, -0.1) is 0 Å². The van der Waals surface area contributed by atoms with Gasteiger partial charge in [-0.1, -0.05) is 12.0 Å². The Morgan fingerprint density at radius 2 is 2.21 bits per heavy atom. The first kappa shape index (κ1) is 10.9. The van der Waals surface area contributed by atoms with Crippen molar-refractivity contribution in [3.8, 4) is 0 Å². The van der Waals surface area contributed by atoms with Crippen LogP contribution >= 0.6 is 0 Å². The molecule has 1 rings (SSSR count). The van der Waals surface area contributed by atoms with E-state index in [1.54, 1.807) is 0 Å². The molecule has 0 saturated carbocycles. The van der Waals surface area contributed by atoms with Crippen LogP contribution in [0.2, 0.25) is 0 Å². The highest BCUT2D eigenvalue weighted by atomic mass is 16.2. The normalized spacial score (nSPS) is 23.9. The van der Waals surface area contributed by atoms with Gasteiger partial charge in [-0.25, -0.2) is 0 Å². The molecule has 1 amide bonds. The van der Waals surface area contributed by atoms with Crippen molar-refractivity contribution < 1.29 is 4.79 Å². The van der Waals surface area contributed by atoms with E-state index in [4.69, 9.17) is 5.53 Å². The fraction of sp³-hybridized carbons (Fsp3) is 0.889. The van der Waals surface area contributed by atoms with E-state index >= 15 is 0 Å². The maximum atomic E-state index is 11.5. The summed E-state index contributed by atoms with van der Waals surface area (Å²) in [7, 11) is 0. The summed E-state index contributed by atoms with van der Waals surface area (Å²) in [5, 5.41) is 3.64. The molecule has 5 nitrogen and oxygen atoms in total. The third-order valence-electron chi connectivity index (χ3n) is 2.73. The van der Waals surface area contributed by atoms with Gasteiger partial charge in [0.2, 0.25) is 5.91 Å². The molecule has 14 heavy (non-hydrogen) atoms. The number of azide groups is 1. The summed E-state index contributed by atoms with van der Waals surface area (Å²) in [6, 6.07) is 0.151. The van der Waals surface area contributed by atoms with Gasteiger partial charge >= 0.3 is 0 Å². The average Bonchev–Trinajstić information content (AvgIpc) is 2.48. The van der Waals surface area contributed by atoms with Crippen molar-refractivity contribution in [3.05, 3.63) is 10.4 Å². The van der Waals surface area contributed by atoms with Crippen LogP contribution in [0.5, 0.6) is 0 Å². The standard InChI is InChI=1S/C9H16N4O/c1-6(2)13-5-8(4-9(13)14)7(3)11-12-10/h6-8H,4-5H2,1-3H3/t7?,8-/m1/s1.